The molecule has 1 aromatic heterocycles. The van der Waals surface area contributed by atoms with E-state index in [0.717, 1.165) is 26.6 Å². The number of nitrogens with one attached hydrogen (secondary N) is 1. The van der Waals surface area contributed by atoms with E-state index in [-0.39, 0.29) is 5.56 Å². The summed E-state index contributed by atoms with van der Waals surface area (Å²) in [6, 6.07) is 10.7. The van der Waals surface area contributed by atoms with Crippen molar-refractivity contribution in [1.82, 2.24) is 9.97 Å². The minimum atomic E-state index is -0.993. The summed E-state index contributed by atoms with van der Waals surface area (Å²) in [4.78, 5) is 19.4. The Bertz CT molecular complexity index is 845. The molecule has 0 atom stereocenters. The lowest BCUT2D eigenvalue weighted by atomic mass is 10.2. The second kappa shape index (κ2) is 5.42. The molecule has 21 heavy (non-hydrogen) atoms. The van der Waals surface area contributed by atoms with Crippen molar-refractivity contribution in [2.24, 2.45) is 0 Å². The van der Waals surface area contributed by atoms with E-state index in [1.165, 1.54) is 23.9 Å². The van der Waals surface area contributed by atoms with Gasteiger partial charge in [-0.3, -0.25) is 0 Å². The lowest BCUT2D eigenvalue weighted by Crippen LogP contribution is -1.95. The highest BCUT2D eigenvalue weighted by Crippen LogP contribution is 2.33. The summed E-state index contributed by atoms with van der Waals surface area (Å²) in [5.74, 6) is -0.993. The van der Waals surface area contributed by atoms with Gasteiger partial charge in [-0.15, -0.1) is 0 Å². The largest absolute Gasteiger partial charge is 0.478 e. The fourth-order valence-electron chi connectivity index (χ4n) is 1.97. The third-order valence-electron chi connectivity index (χ3n) is 3.00. The monoisotopic (exact) mass is 318 g/mol. The molecule has 0 aliphatic carbocycles. The molecule has 2 aromatic carbocycles. The Morgan fingerprint density at radius 2 is 2.10 bits per heavy atom. The van der Waals surface area contributed by atoms with Crippen LogP contribution in [0.15, 0.2) is 46.5 Å². The van der Waals surface area contributed by atoms with E-state index in [1.54, 1.807) is 6.07 Å². The highest BCUT2D eigenvalue weighted by atomic mass is 35.5. The zero-order valence-electron chi connectivity index (χ0n) is 11.1. The zero-order chi connectivity index (χ0) is 15.0. The molecule has 4 nitrogen and oxygen atoms in total. The van der Waals surface area contributed by atoms with Crippen molar-refractivity contribution in [2.75, 3.05) is 0 Å². The Labute approximate surface area is 130 Å². The first-order valence-corrected chi connectivity index (χ1v) is 7.39. The maximum absolute atomic E-state index is 10.9. The van der Waals surface area contributed by atoms with E-state index in [0.29, 0.717) is 5.02 Å². The standard InChI is InChI=1S/C15H11ClN2O2S/c1-8-2-4-11-12(6-8)18-15(17-11)21-13-5-3-9(14(19)20)7-10(13)16/h2-7H,1H3,(H,17,18)(H,19,20). The van der Waals surface area contributed by atoms with Crippen LogP contribution in [0.5, 0.6) is 0 Å². The predicted molar refractivity (Wildman–Crippen MR) is 83.4 cm³/mol. The van der Waals surface area contributed by atoms with Crippen molar-refractivity contribution in [2.45, 2.75) is 17.0 Å². The molecule has 3 aromatic rings. The number of aryl methyl sites for hydroxylation is 1. The number of imidazole rings is 1. The molecule has 6 heteroatoms. The molecule has 0 amide bonds. The molecule has 0 bridgehead atoms. The molecule has 0 unspecified atom stereocenters. The molecule has 3 rings (SSSR count). The van der Waals surface area contributed by atoms with Crippen LogP contribution in [0, 0.1) is 6.92 Å². The smallest absolute Gasteiger partial charge is 0.335 e. The summed E-state index contributed by atoms with van der Waals surface area (Å²) >= 11 is 7.50. The molecule has 0 saturated carbocycles. The van der Waals surface area contributed by atoms with Gasteiger partial charge in [0.25, 0.3) is 0 Å². The van der Waals surface area contributed by atoms with Gasteiger partial charge in [0.05, 0.1) is 21.6 Å². The normalized spacial score (nSPS) is 11.0. The Morgan fingerprint density at radius 1 is 1.29 bits per heavy atom. The van der Waals surface area contributed by atoms with E-state index in [9.17, 15) is 4.79 Å². The number of halogens is 1. The van der Waals surface area contributed by atoms with Crippen LogP contribution in [-0.4, -0.2) is 21.0 Å². The van der Waals surface area contributed by atoms with E-state index >= 15 is 0 Å². The number of benzene rings is 2. The van der Waals surface area contributed by atoms with E-state index in [2.05, 4.69) is 9.97 Å². The third kappa shape index (κ3) is 2.89. The number of carbonyl (C=O) groups is 1. The number of fused-ring (bicyclic) bond motifs is 1. The number of rotatable bonds is 3. The minimum absolute atomic E-state index is 0.171. The quantitative estimate of drug-likeness (QED) is 0.752. The molecule has 1 heterocycles. The summed E-state index contributed by atoms with van der Waals surface area (Å²) < 4.78 is 0. The fraction of sp³-hybridized carbons (Fsp3) is 0.0667. The van der Waals surface area contributed by atoms with Gasteiger partial charge in [0.2, 0.25) is 0 Å². The first-order chi connectivity index (χ1) is 10.0. The average molecular weight is 319 g/mol. The van der Waals surface area contributed by atoms with E-state index in [1.807, 2.05) is 25.1 Å². The van der Waals surface area contributed by atoms with Crippen LogP contribution in [0.25, 0.3) is 11.0 Å². The number of aromatic carboxylic acids is 1. The van der Waals surface area contributed by atoms with Gasteiger partial charge in [-0.05, 0) is 42.8 Å². The van der Waals surface area contributed by atoms with Crippen LogP contribution in [0.4, 0.5) is 0 Å². The third-order valence-corrected chi connectivity index (χ3v) is 4.39. The molecule has 0 saturated heterocycles. The summed E-state index contributed by atoms with van der Waals surface area (Å²) in [6.07, 6.45) is 0. The lowest BCUT2D eigenvalue weighted by molar-refractivity contribution is 0.0697. The van der Waals surface area contributed by atoms with Crippen molar-refractivity contribution in [3.63, 3.8) is 0 Å². The molecule has 2 N–H and O–H groups in total. The van der Waals surface area contributed by atoms with Crippen LogP contribution in [-0.2, 0) is 0 Å². The van der Waals surface area contributed by atoms with Gasteiger partial charge >= 0.3 is 5.97 Å². The van der Waals surface area contributed by atoms with Gasteiger partial charge in [0, 0.05) is 4.90 Å². The van der Waals surface area contributed by atoms with Gasteiger partial charge in [-0.25, -0.2) is 9.78 Å². The first-order valence-electron chi connectivity index (χ1n) is 6.20. The lowest BCUT2D eigenvalue weighted by Gasteiger charge is -2.02. The van der Waals surface area contributed by atoms with Crippen molar-refractivity contribution in [3.8, 4) is 0 Å². The minimum Gasteiger partial charge on any atom is -0.478 e. The van der Waals surface area contributed by atoms with Crippen molar-refractivity contribution >= 4 is 40.4 Å². The fourth-order valence-corrected chi connectivity index (χ4v) is 3.07. The highest BCUT2D eigenvalue weighted by molar-refractivity contribution is 7.99. The number of aromatic nitrogens is 2. The Hall–Kier alpha value is -1.98. The average Bonchev–Trinajstić information content (AvgIpc) is 2.82. The van der Waals surface area contributed by atoms with E-state index in [4.69, 9.17) is 16.7 Å². The van der Waals surface area contributed by atoms with Crippen molar-refractivity contribution in [1.29, 1.82) is 0 Å². The number of H-pyrrole nitrogens is 1. The van der Waals surface area contributed by atoms with Crippen LogP contribution < -0.4 is 0 Å². The summed E-state index contributed by atoms with van der Waals surface area (Å²) in [5.41, 5.74) is 3.19. The number of hydrogen-bond acceptors (Lipinski definition) is 3. The molecule has 0 aliphatic rings. The summed E-state index contributed by atoms with van der Waals surface area (Å²) in [5, 5.41) is 10.0. The van der Waals surface area contributed by atoms with Crippen LogP contribution in [0.1, 0.15) is 15.9 Å². The maximum atomic E-state index is 10.9. The second-order valence-electron chi connectivity index (χ2n) is 4.61. The van der Waals surface area contributed by atoms with Gasteiger partial charge in [0.15, 0.2) is 5.16 Å². The number of carboxylic acid groups (broad SMARTS) is 1. The number of nitrogens with zero attached hydrogens (tertiary/aromatic N) is 1. The highest BCUT2D eigenvalue weighted by Gasteiger charge is 2.10. The number of hydrogen-bond donors (Lipinski definition) is 2. The van der Waals surface area contributed by atoms with Gasteiger partial charge < -0.3 is 10.1 Å². The van der Waals surface area contributed by atoms with Gasteiger partial charge in [-0.2, -0.15) is 0 Å². The summed E-state index contributed by atoms with van der Waals surface area (Å²) in [7, 11) is 0. The molecule has 0 radical (unpaired) electrons. The van der Waals surface area contributed by atoms with Gasteiger partial charge in [0.1, 0.15) is 0 Å². The summed E-state index contributed by atoms with van der Waals surface area (Å²) in [6.45, 7) is 2.02. The van der Waals surface area contributed by atoms with Gasteiger partial charge in [-0.1, -0.05) is 29.4 Å². The van der Waals surface area contributed by atoms with Crippen molar-refractivity contribution < 1.29 is 9.90 Å². The predicted octanol–water partition coefficient (Wildman–Crippen LogP) is 4.37. The molecular weight excluding hydrogens is 308 g/mol. The Balaban J connectivity index is 1.93. The van der Waals surface area contributed by atoms with Crippen molar-refractivity contribution in [3.05, 3.63) is 52.5 Å². The first kappa shape index (κ1) is 14.0. The zero-order valence-corrected chi connectivity index (χ0v) is 12.6. The Kier molecular flexibility index (Phi) is 3.61. The molecule has 0 aliphatic heterocycles. The molecule has 0 spiro atoms. The van der Waals surface area contributed by atoms with Crippen LogP contribution in [0.2, 0.25) is 5.02 Å². The molecule has 106 valence electrons. The topological polar surface area (TPSA) is 66.0 Å². The van der Waals surface area contributed by atoms with Crippen LogP contribution >= 0.6 is 23.4 Å². The number of aromatic amines is 1. The Morgan fingerprint density at radius 3 is 2.81 bits per heavy atom. The maximum Gasteiger partial charge on any atom is 0.335 e. The molecule has 0 fully saturated rings. The van der Waals surface area contributed by atoms with Crippen LogP contribution in [0.3, 0.4) is 0 Å². The molecular formula is C15H11ClN2O2S. The SMILES string of the molecule is Cc1ccc2nc(Sc3ccc(C(=O)O)cc3Cl)[nH]c2c1. The second-order valence-corrected chi connectivity index (χ2v) is 6.05. The number of carboxylic acids is 1. The van der Waals surface area contributed by atoms with E-state index < -0.39 is 5.97 Å².